The molecule has 0 aromatic heterocycles. The summed E-state index contributed by atoms with van der Waals surface area (Å²) in [5, 5.41) is 3.29. The number of unbranched alkanes of at least 4 members (excludes halogenated alkanes) is 1. The van der Waals surface area contributed by atoms with Crippen molar-refractivity contribution in [1.82, 2.24) is 10.0 Å². The zero-order valence-corrected chi connectivity index (χ0v) is 13.5. The van der Waals surface area contributed by atoms with Gasteiger partial charge in [0.25, 0.3) is 0 Å². The fourth-order valence-corrected chi connectivity index (χ4v) is 3.52. The molecule has 0 aliphatic heterocycles. The highest BCUT2D eigenvalue weighted by Gasteiger charge is 2.45. The lowest BCUT2D eigenvalue weighted by molar-refractivity contribution is 0.357. The van der Waals surface area contributed by atoms with Gasteiger partial charge in [0, 0.05) is 6.54 Å². The van der Waals surface area contributed by atoms with Gasteiger partial charge in [-0.3, -0.25) is 0 Å². The molecule has 0 aromatic rings. The molecule has 114 valence electrons. The summed E-state index contributed by atoms with van der Waals surface area (Å²) < 4.78 is 26.6. The van der Waals surface area contributed by atoms with E-state index in [1.54, 1.807) is 0 Å². The summed E-state index contributed by atoms with van der Waals surface area (Å²) >= 11 is 0. The van der Waals surface area contributed by atoms with Crippen LogP contribution in [0.5, 0.6) is 0 Å². The predicted molar refractivity (Wildman–Crippen MR) is 80.7 cm³/mol. The normalized spacial score (nSPS) is 17.9. The van der Waals surface area contributed by atoms with Crippen molar-refractivity contribution < 1.29 is 8.42 Å². The Kier molecular flexibility index (Phi) is 6.77. The Hall–Kier alpha value is -0.130. The zero-order chi connectivity index (χ0) is 14.4. The highest BCUT2D eigenvalue weighted by atomic mass is 32.2. The molecule has 0 unspecified atom stereocenters. The monoisotopic (exact) mass is 290 g/mol. The van der Waals surface area contributed by atoms with E-state index in [-0.39, 0.29) is 11.2 Å². The standard InChI is InChI=1S/C14H30N2O2S/c1-4-9-15-10-5-6-11-19(17,18)16-12-14(7-8-14)13(2)3/h13,15-16H,4-12H2,1-3H3. The van der Waals surface area contributed by atoms with Crippen LogP contribution in [-0.4, -0.2) is 33.8 Å². The highest BCUT2D eigenvalue weighted by Crippen LogP contribution is 2.51. The van der Waals surface area contributed by atoms with Gasteiger partial charge in [0.2, 0.25) is 10.0 Å². The van der Waals surface area contributed by atoms with Crippen molar-refractivity contribution in [1.29, 1.82) is 0 Å². The molecule has 19 heavy (non-hydrogen) atoms. The van der Waals surface area contributed by atoms with Crippen molar-refractivity contribution in [3.63, 3.8) is 0 Å². The van der Waals surface area contributed by atoms with E-state index in [1.807, 2.05) is 0 Å². The molecule has 0 saturated heterocycles. The second-order valence-corrected chi connectivity index (χ2v) is 8.04. The van der Waals surface area contributed by atoms with E-state index in [9.17, 15) is 8.42 Å². The third-order valence-corrected chi connectivity index (χ3v) is 5.61. The fraction of sp³-hybridized carbons (Fsp3) is 1.00. The molecule has 0 atom stereocenters. The number of nitrogens with one attached hydrogen (secondary N) is 2. The van der Waals surface area contributed by atoms with Crippen LogP contribution in [0.2, 0.25) is 0 Å². The van der Waals surface area contributed by atoms with Crippen LogP contribution in [0.15, 0.2) is 0 Å². The molecule has 2 N–H and O–H groups in total. The molecule has 1 aliphatic rings. The summed E-state index contributed by atoms with van der Waals surface area (Å²) in [6.45, 7) is 9.05. The van der Waals surface area contributed by atoms with E-state index >= 15 is 0 Å². The minimum absolute atomic E-state index is 0.246. The van der Waals surface area contributed by atoms with Gasteiger partial charge >= 0.3 is 0 Å². The molecule has 0 heterocycles. The maximum atomic E-state index is 11.9. The van der Waals surface area contributed by atoms with Crippen LogP contribution in [0.25, 0.3) is 0 Å². The van der Waals surface area contributed by atoms with Crippen molar-refractivity contribution in [2.75, 3.05) is 25.4 Å². The minimum atomic E-state index is -3.08. The molecular weight excluding hydrogens is 260 g/mol. The number of hydrogen-bond acceptors (Lipinski definition) is 3. The molecular formula is C14H30N2O2S. The predicted octanol–water partition coefficient (Wildman–Crippen LogP) is 2.12. The smallest absolute Gasteiger partial charge is 0.211 e. The minimum Gasteiger partial charge on any atom is -0.317 e. The summed E-state index contributed by atoms with van der Waals surface area (Å²) in [7, 11) is -3.08. The molecule has 5 heteroatoms. The van der Waals surface area contributed by atoms with Crippen LogP contribution in [0.4, 0.5) is 0 Å². The Labute approximate surface area is 118 Å². The molecule has 0 radical (unpaired) electrons. The maximum absolute atomic E-state index is 11.9. The molecule has 4 nitrogen and oxygen atoms in total. The topological polar surface area (TPSA) is 58.2 Å². The average molecular weight is 290 g/mol. The van der Waals surface area contributed by atoms with E-state index < -0.39 is 10.0 Å². The van der Waals surface area contributed by atoms with Crippen LogP contribution in [0.3, 0.4) is 0 Å². The lowest BCUT2D eigenvalue weighted by Crippen LogP contribution is -2.34. The van der Waals surface area contributed by atoms with Gasteiger partial charge in [0.1, 0.15) is 0 Å². The van der Waals surface area contributed by atoms with Gasteiger partial charge in [-0.15, -0.1) is 0 Å². The molecule has 0 spiro atoms. The third-order valence-electron chi connectivity index (χ3n) is 4.20. The molecule has 1 saturated carbocycles. The van der Waals surface area contributed by atoms with Crippen molar-refractivity contribution in [2.24, 2.45) is 11.3 Å². The Balaban J connectivity index is 2.14. The first kappa shape index (κ1) is 16.9. The first-order valence-electron chi connectivity index (χ1n) is 7.60. The van der Waals surface area contributed by atoms with Crippen LogP contribution >= 0.6 is 0 Å². The van der Waals surface area contributed by atoms with Crippen LogP contribution in [0, 0.1) is 11.3 Å². The molecule has 1 aliphatic carbocycles. The molecule has 1 fully saturated rings. The first-order valence-corrected chi connectivity index (χ1v) is 9.25. The van der Waals surface area contributed by atoms with Gasteiger partial charge in [0.15, 0.2) is 0 Å². The van der Waals surface area contributed by atoms with E-state index in [0.29, 0.717) is 12.5 Å². The SMILES string of the molecule is CCCNCCCCS(=O)(=O)NCC1(C(C)C)CC1. The Bertz CT molecular complexity index is 348. The number of hydrogen-bond donors (Lipinski definition) is 2. The van der Waals surface area contributed by atoms with E-state index in [0.717, 1.165) is 45.2 Å². The number of sulfonamides is 1. The molecule has 1 rings (SSSR count). The third kappa shape index (κ3) is 6.23. The van der Waals surface area contributed by atoms with Crippen molar-refractivity contribution >= 4 is 10.0 Å². The van der Waals surface area contributed by atoms with Gasteiger partial charge < -0.3 is 5.32 Å². The highest BCUT2D eigenvalue weighted by molar-refractivity contribution is 7.89. The van der Waals surface area contributed by atoms with Crippen LogP contribution in [0.1, 0.15) is 52.9 Å². The Morgan fingerprint density at radius 1 is 1.16 bits per heavy atom. The summed E-state index contributed by atoms with van der Waals surface area (Å²) in [6.07, 6.45) is 5.11. The summed E-state index contributed by atoms with van der Waals surface area (Å²) in [6, 6.07) is 0. The van der Waals surface area contributed by atoms with Gasteiger partial charge in [-0.25, -0.2) is 13.1 Å². The van der Waals surface area contributed by atoms with Gasteiger partial charge in [-0.1, -0.05) is 20.8 Å². The Morgan fingerprint density at radius 3 is 2.37 bits per heavy atom. The molecule has 0 bridgehead atoms. The summed E-state index contributed by atoms with van der Waals surface area (Å²) in [5.41, 5.74) is 0.246. The molecule has 0 amide bonds. The largest absolute Gasteiger partial charge is 0.317 e. The van der Waals surface area contributed by atoms with Crippen molar-refractivity contribution in [3.8, 4) is 0 Å². The summed E-state index contributed by atoms with van der Waals surface area (Å²) in [4.78, 5) is 0. The van der Waals surface area contributed by atoms with Gasteiger partial charge in [-0.05, 0) is 56.5 Å². The second-order valence-electron chi connectivity index (χ2n) is 6.11. The van der Waals surface area contributed by atoms with E-state index in [1.165, 1.54) is 0 Å². The second kappa shape index (κ2) is 7.60. The first-order chi connectivity index (χ1) is 8.92. The van der Waals surface area contributed by atoms with Crippen molar-refractivity contribution in [3.05, 3.63) is 0 Å². The lowest BCUT2D eigenvalue weighted by Gasteiger charge is -2.20. The Morgan fingerprint density at radius 2 is 1.84 bits per heavy atom. The van der Waals surface area contributed by atoms with E-state index in [2.05, 4.69) is 30.8 Å². The van der Waals surface area contributed by atoms with Crippen molar-refractivity contribution in [2.45, 2.75) is 52.9 Å². The number of rotatable bonds is 11. The van der Waals surface area contributed by atoms with Gasteiger partial charge in [0.05, 0.1) is 5.75 Å². The summed E-state index contributed by atoms with van der Waals surface area (Å²) in [5.74, 6) is 0.822. The van der Waals surface area contributed by atoms with Crippen LogP contribution < -0.4 is 10.0 Å². The lowest BCUT2D eigenvalue weighted by atomic mass is 9.93. The van der Waals surface area contributed by atoms with E-state index in [4.69, 9.17) is 0 Å². The zero-order valence-electron chi connectivity index (χ0n) is 12.7. The maximum Gasteiger partial charge on any atom is 0.211 e. The van der Waals surface area contributed by atoms with Gasteiger partial charge in [-0.2, -0.15) is 0 Å². The quantitative estimate of drug-likeness (QED) is 0.573. The fourth-order valence-electron chi connectivity index (χ4n) is 2.29. The van der Waals surface area contributed by atoms with Crippen LogP contribution in [-0.2, 0) is 10.0 Å². The average Bonchev–Trinajstić information content (AvgIpc) is 3.12. The molecule has 0 aromatic carbocycles.